The third kappa shape index (κ3) is 1.87. The van der Waals surface area contributed by atoms with Gasteiger partial charge in [0, 0.05) is 22.4 Å². The van der Waals surface area contributed by atoms with Gasteiger partial charge in [-0.1, -0.05) is 27.5 Å². The van der Waals surface area contributed by atoms with Crippen LogP contribution in [0, 0.1) is 5.82 Å². The van der Waals surface area contributed by atoms with E-state index in [1.165, 1.54) is 18.3 Å². The fourth-order valence-electron chi connectivity index (χ4n) is 1.68. The molecule has 4 nitrogen and oxygen atoms in total. The summed E-state index contributed by atoms with van der Waals surface area (Å²) >= 11 is 9.14. The van der Waals surface area contributed by atoms with E-state index in [9.17, 15) is 4.39 Å². The zero-order valence-electron chi connectivity index (χ0n) is 8.81. The molecule has 0 fully saturated rings. The van der Waals surface area contributed by atoms with Gasteiger partial charge in [-0.25, -0.2) is 9.37 Å². The van der Waals surface area contributed by atoms with Crippen LogP contribution < -0.4 is 0 Å². The van der Waals surface area contributed by atoms with Crippen molar-refractivity contribution in [2.75, 3.05) is 0 Å². The molecule has 0 aliphatic rings. The van der Waals surface area contributed by atoms with Crippen LogP contribution in [0.15, 0.2) is 35.1 Å². The quantitative estimate of drug-likeness (QED) is 0.688. The lowest BCUT2D eigenvalue weighted by atomic mass is 10.2. The Morgan fingerprint density at radius 3 is 2.83 bits per heavy atom. The highest BCUT2D eigenvalue weighted by molar-refractivity contribution is 9.10. The molecule has 0 radical (unpaired) electrons. The summed E-state index contributed by atoms with van der Waals surface area (Å²) in [5.74, 6) is 0.158. The number of fused-ring (bicyclic) bond motifs is 1. The molecule has 0 aliphatic heterocycles. The van der Waals surface area contributed by atoms with Gasteiger partial charge in [0.05, 0.1) is 0 Å². The van der Waals surface area contributed by atoms with Crippen LogP contribution in [-0.2, 0) is 0 Å². The van der Waals surface area contributed by atoms with Gasteiger partial charge in [0.1, 0.15) is 5.82 Å². The predicted molar refractivity (Wildman–Crippen MR) is 68.9 cm³/mol. The Bertz CT molecular complexity index is 723. The molecule has 0 N–H and O–H groups in total. The highest BCUT2D eigenvalue weighted by Gasteiger charge is 2.12. The highest BCUT2D eigenvalue weighted by Crippen LogP contribution is 2.24. The second-order valence-corrected chi connectivity index (χ2v) is 4.87. The SMILES string of the molecule is Fc1cc(Br)cc(-c2nnc3c(Cl)nccn23)c1. The van der Waals surface area contributed by atoms with Gasteiger partial charge in [0.15, 0.2) is 16.6 Å². The van der Waals surface area contributed by atoms with Crippen LogP contribution in [0.2, 0.25) is 5.15 Å². The zero-order chi connectivity index (χ0) is 12.7. The normalized spacial score (nSPS) is 11.1. The molecule has 0 bridgehead atoms. The van der Waals surface area contributed by atoms with Crippen molar-refractivity contribution in [2.45, 2.75) is 0 Å². The van der Waals surface area contributed by atoms with Gasteiger partial charge < -0.3 is 0 Å². The molecule has 0 amide bonds. The third-order valence-electron chi connectivity index (χ3n) is 2.40. The van der Waals surface area contributed by atoms with E-state index in [1.54, 1.807) is 16.7 Å². The fourth-order valence-corrected chi connectivity index (χ4v) is 2.33. The molecule has 0 unspecified atom stereocenters. The largest absolute Gasteiger partial charge is 0.278 e. The number of hydrogen-bond acceptors (Lipinski definition) is 3. The smallest absolute Gasteiger partial charge is 0.198 e. The highest BCUT2D eigenvalue weighted by atomic mass is 79.9. The molecule has 18 heavy (non-hydrogen) atoms. The van der Waals surface area contributed by atoms with Crippen molar-refractivity contribution in [3.8, 4) is 11.4 Å². The van der Waals surface area contributed by atoms with E-state index < -0.39 is 0 Å². The van der Waals surface area contributed by atoms with E-state index in [0.29, 0.717) is 21.5 Å². The van der Waals surface area contributed by atoms with Gasteiger partial charge in [0.2, 0.25) is 0 Å². The third-order valence-corrected chi connectivity index (χ3v) is 3.13. The van der Waals surface area contributed by atoms with E-state index in [1.807, 2.05) is 0 Å². The minimum atomic E-state index is -0.351. The van der Waals surface area contributed by atoms with Crippen molar-refractivity contribution >= 4 is 33.2 Å². The standard InChI is InChI=1S/C11H5BrClFN4/c12-7-3-6(4-8(14)5-7)10-16-17-11-9(13)15-1-2-18(10)11/h1-5H. The van der Waals surface area contributed by atoms with Crippen molar-refractivity contribution in [3.05, 3.63) is 46.0 Å². The van der Waals surface area contributed by atoms with Crippen molar-refractivity contribution in [3.63, 3.8) is 0 Å². The molecule has 0 aliphatic carbocycles. The number of rotatable bonds is 1. The molecule has 3 aromatic rings. The molecule has 7 heteroatoms. The zero-order valence-corrected chi connectivity index (χ0v) is 11.2. The molecular weight excluding hydrogens is 323 g/mol. The Balaban J connectivity index is 2.29. The molecule has 0 saturated heterocycles. The summed E-state index contributed by atoms with van der Waals surface area (Å²) < 4.78 is 15.7. The van der Waals surface area contributed by atoms with Crippen LogP contribution >= 0.6 is 27.5 Å². The monoisotopic (exact) mass is 326 g/mol. The first-order valence-corrected chi connectivity index (χ1v) is 6.14. The number of halogens is 3. The lowest BCUT2D eigenvalue weighted by Crippen LogP contribution is -1.91. The van der Waals surface area contributed by atoms with Crippen molar-refractivity contribution in [1.29, 1.82) is 0 Å². The van der Waals surface area contributed by atoms with Crippen LogP contribution in [0.3, 0.4) is 0 Å². The van der Waals surface area contributed by atoms with Crippen LogP contribution in [0.1, 0.15) is 0 Å². The summed E-state index contributed by atoms with van der Waals surface area (Å²) in [6.45, 7) is 0. The molecule has 0 saturated carbocycles. The van der Waals surface area contributed by atoms with Crippen LogP contribution in [0.25, 0.3) is 17.0 Å². The van der Waals surface area contributed by atoms with E-state index >= 15 is 0 Å². The second kappa shape index (κ2) is 4.29. The molecule has 90 valence electrons. The first-order chi connectivity index (χ1) is 8.65. The fraction of sp³-hybridized carbons (Fsp3) is 0. The van der Waals surface area contributed by atoms with E-state index in [0.717, 1.165) is 0 Å². The molecule has 1 aromatic carbocycles. The molecule has 2 heterocycles. The van der Waals surface area contributed by atoms with Crippen molar-refractivity contribution in [1.82, 2.24) is 19.6 Å². The minimum Gasteiger partial charge on any atom is -0.278 e. The van der Waals surface area contributed by atoms with Gasteiger partial charge in [-0.2, -0.15) is 0 Å². The number of nitrogens with zero attached hydrogens (tertiary/aromatic N) is 4. The molecular formula is C11H5BrClFN4. The lowest BCUT2D eigenvalue weighted by Gasteiger charge is -2.01. The van der Waals surface area contributed by atoms with Gasteiger partial charge in [0.25, 0.3) is 0 Å². The first-order valence-electron chi connectivity index (χ1n) is 4.97. The van der Waals surface area contributed by atoms with Crippen LogP contribution in [0.4, 0.5) is 4.39 Å². The van der Waals surface area contributed by atoms with Crippen molar-refractivity contribution in [2.24, 2.45) is 0 Å². The second-order valence-electron chi connectivity index (χ2n) is 3.59. The molecule has 0 atom stereocenters. The average Bonchev–Trinajstić information content (AvgIpc) is 2.73. The maximum absolute atomic E-state index is 13.4. The molecule has 2 aromatic heterocycles. The Morgan fingerprint density at radius 2 is 2.06 bits per heavy atom. The Kier molecular flexibility index (Phi) is 2.76. The Labute approximate surface area is 115 Å². The van der Waals surface area contributed by atoms with Gasteiger partial charge in [-0.3, -0.25) is 4.40 Å². The molecule has 0 spiro atoms. The summed E-state index contributed by atoms with van der Waals surface area (Å²) in [4.78, 5) is 3.91. The van der Waals surface area contributed by atoms with Gasteiger partial charge in [-0.15, -0.1) is 10.2 Å². The maximum atomic E-state index is 13.4. The average molecular weight is 328 g/mol. The Hall–Kier alpha value is -1.53. The molecule has 3 rings (SSSR count). The number of aromatic nitrogens is 4. The van der Waals surface area contributed by atoms with E-state index in [-0.39, 0.29) is 11.0 Å². The topological polar surface area (TPSA) is 43.1 Å². The summed E-state index contributed by atoms with van der Waals surface area (Å²) in [6, 6.07) is 4.52. The van der Waals surface area contributed by atoms with Crippen molar-refractivity contribution < 1.29 is 4.39 Å². The van der Waals surface area contributed by atoms with Crippen LogP contribution in [-0.4, -0.2) is 19.6 Å². The Morgan fingerprint density at radius 1 is 1.22 bits per heavy atom. The minimum absolute atomic E-state index is 0.256. The maximum Gasteiger partial charge on any atom is 0.198 e. The first kappa shape index (κ1) is 11.6. The summed E-state index contributed by atoms with van der Waals surface area (Å²) in [7, 11) is 0. The summed E-state index contributed by atoms with van der Waals surface area (Å²) in [5, 5.41) is 8.20. The van der Waals surface area contributed by atoms with Crippen LogP contribution in [0.5, 0.6) is 0 Å². The van der Waals surface area contributed by atoms with Gasteiger partial charge >= 0.3 is 0 Å². The lowest BCUT2D eigenvalue weighted by molar-refractivity contribution is 0.627. The van der Waals surface area contributed by atoms with E-state index in [2.05, 4.69) is 31.1 Å². The predicted octanol–water partition coefficient (Wildman–Crippen LogP) is 3.35. The van der Waals surface area contributed by atoms with E-state index in [4.69, 9.17) is 11.6 Å². The number of benzene rings is 1. The number of hydrogen-bond donors (Lipinski definition) is 0. The summed E-state index contributed by atoms with van der Waals surface area (Å²) in [6.07, 6.45) is 3.21. The van der Waals surface area contributed by atoms with Gasteiger partial charge in [-0.05, 0) is 18.2 Å². The summed E-state index contributed by atoms with van der Waals surface area (Å²) in [5.41, 5.74) is 1.05.